The highest BCUT2D eigenvalue weighted by Crippen LogP contribution is 2.03. The number of rotatable bonds is 6. The standard InChI is InChI=1S/C15H24N2O2/c1-16-7-9-17(10-8-16)11-15(18)13-19-12-14-5-3-2-4-6-14/h2-6,15,18H,7-13H2,1H3/t15-/m1/s1. The lowest BCUT2D eigenvalue weighted by atomic mass is 10.2. The summed E-state index contributed by atoms with van der Waals surface area (Å²) < 4.78 is 5.56. The van der Waals surface area contributed by atoms with E-state index >= 15 is 0 Å². The van der Waals surface area contributed by atoms with E-state index in [4.69, 9.17) is 4.74 Å². The highest BCUT2D eigenvalue weighted by atomic mass is 16.5. The van der Waals surface area contributed by atoms with Crippen molar-refractivity contribution in [2.45, 2.75) is 12.7 Å². The summed E-state index contributed by atoms with van der Waals surface area (Å²) in [5.41, 5.74) is 1.15. The van der Waals surface area contributed by atoms with E-state index in [1.807, 2.05) is 30.3 Å². The Kier molecular flexibility index (Phi) is 5.79. The van der Waals surface area contributed by atoms with E-state index in [9.17, 15) is 5.11 Å². The summed E-state index contributed by atoms with van der Waals surface area (Å²) in [6.45, 7) is 5.91. The van der Waals surface area contributed by atoms with Crippen LogP contribution in [0.2, 0.25) is 0 Å². The molecule has 0 aliphatic carbocycles. The highest BCUT2D eigenvalue weighted by Gasteiger charge is 2.16. The number of benzene rings is 1. The monoisotopic (exact) mass is 264 g/mol. The number of likely N-dealkylation sites (N-methyl/N-ethyl adjacent to an activating group) is 1. The van der Waals surface area contributed by atoms with Gasteiger partial charge in [-0.15, -0.1) is 0 Å². The normalized spacial score (nSPS) is 19.5. The molecular weight excluding hydrogens is 240 g/mol. The summed E-state index contributed by atoms with van der Waals surface area (Å²) in [5.74, 6) is 0. The van der Waals surface area contributed by atoms with Crippen LogP contribution in [0.5, 0.6) is 0 Å². The molecule has 0 spiro atoms. The summed E-state index contributed by atoms with van der Waals surface area (Å²) in [4.78, 5) is 4.62. The smallest absolute Gasteiger partial charge is 0.0900 e. The first-order valence-corrected chi connectivity index (χ1v) is 6.94. The summed E-state index contributed by atoms with van der Waals surface area (Å²) in [5, 5.41) is 9.97. The lowest BCUT2D eigenvalue weighted by Gasteiger charge is -2.33. The van der Waals surface area contributed by atoms with Crippen LogP contribution in [0.15, 0.2) is 30.3 Å². The lowest BCUT2D eigenvalue weighted by Crippen LogP contribution is -2.47. The summed E-state index contributed by atoms with van der Waals surface area (Å²) in [6, 6.07) is 10.1. The van der Waals surface area contributed by atoms with Gasteiger partial charge in [-0.05, 0) is 12.6 Å². The minimum atomic E-state index is -0.396. The molecule has 1 saturated heterocycles. The summed E-state index contributed by atoms with van der Waals surface area (Å²) >= 11 is 0. The average molecular weight is 264 g/mol. The molecule has 0 saturated carbocycles. The first kappa shape index (κ1) is 14.5. The fourth-order valence-electron chi connectivity index (χ4n) is 2.27. The van der Waals surface area contributed by atoms with Gasteiger partial charge in [-0.25, -0.2) is 0 Å². The van der Waals surface area contributed by atoms with E-state index < -0.39 is 6.10 Å². The number of hydrogen-bond donors (Lipinski definition) is 1. The van der Waals surface area contributed by atoms with Crippen LogP contribution in [0.25, 0.3) is 0 Å². The van der Waals surface area contributed by atoms with Crippen LogP contribution in [0, 0.1) is 0 Å². The van der Waals surface area contributed by atoms with Crippen LogP contribution in [0.4, 0.5) is 0 Å². The van der Waals surface area contributed by atoms with Gasteiger partial charge in [-0.2, -0.15) is 0 Å². The van der Waals surface area contributed by atoms with Crippen molar-refractivity contribution < 1.29 is 9.84 Å². The molecule has 0 aromatic heterocycles. The predicted octanol–water partition coefficient (Wildman–Crippen LogP) is 0.811. The molecule has 1 aromatic carbocycles. The minimum absolute atomic E-state index is 0.396. The molecule has 1 fully saturated rings. The number of ether oxygens (including phenoxy) is 1. The Balaban J connectivity index is 1.61. The van der Waals surface area contributed by atoms with Gasteiger partial charge >= 0.3 is 0 Å². The van der Waals surface area contributed by atoms with Crippen LogP contribution >= 0.6 is 0 Å². The zero-order chi connectivity index (χ0) is 13.5. The molecule has 19 heavy (non-hydrogen) atoms. The molecule has 1 heterocycles. The van der Waals surface area contributed by atoms with Gasteiger partial charge in [0.25, 0.3) is 0 Å². The molecule has 2 rings (SSSR count). The van der Waals surface area contributed by atoms with E-state index in [-0.39, 0.29) is 0 Å². The molecule has 1 aromatic rings. The number of β-amino-alcohol motifs (C(OH)–C–C–N with tert-alkyl or cyclic N) is 1. The Morgan fingerprint density at radius 3 is 2.53 bits per heavy atom. The third-order valence-electron chi connectivity index (χ3n) is 3.49. The molecule has 4 nitrogen and oxygen atoms in total. The van der Waals surface area contributed by atoms with Crippen LogP contribution in [-0.2, 0) is 11.3 Å². The van der Waals surface area contributed by atoms with Crippen molar-refractivity contribution in [1.82, 2.24) is 9.80 Å². The van der Waals surface area contributed by atoms with Gasteiger partial charge < -0.3 is 14.7 Å². The van der Waals surface area contributed by atoms with Crippen molar-refractivity contribution in [3.8, 4) is 0 Å². The average Bonchev–Trinajstić information content (AvgIpc) is 2.43. The molecule has 4 heteroatoms. The maximum atomic E-state index is 9.97. The number of piperazine rings is 1. The van der Waals surface area contributed by atoms with Crippen LogP contribution in [0.1, 0.15) is 5.56 Å². The molecule has 0 amide bonds. The van der Waals surface area contributed by atoms with E-state index in [0.717, 1.165) is 31.7 Å². The van der Waals surface area contributed by atoms with Crippen molar-refractivity contribution in [1.29, 1.82) is 0 Å². The summed E-state index contributed by atoms with van der Waals surface area (Å²) in [7, 11) is 2.14. The Hall–Kier alpha value is -0.940. The van der Waals surface area contributed by atoms with Crippen LogP contribution < -0.4 is 0 Å². The van der Waals surface area contributed by atoms with Gasteiger partial charge in [0, 0.05) is 32.7 Å². The molecule has 0 bridgehead atoms. The van der Waals surface area contributed by atoms with E-state index in [1.165, 1.54) is 0 Å². The molecule has 0 radical (unpaired) electrons. The molecule has 106 valence electrons. The van der Waals surface area contributed by atoms with E-state index in [0.29, 0.717) is 19.8 Å². The van der Waals surface area contributed by atoms with Gasteiger partial charge in [0.05, 0.1) is 19.3 Å². The molecule has 1 aliphatic heterocycles. The second kappa shape index (κ2) is 7.60. The molecular formula is C15H24N2O2. The number of nitrogens with zero attached hydrogens (tertiary/aromatic N) is 2. The SMILES string of the molecule is CN1CCN(C[C@@H](O)COCc2ccccc2)CC1. The zero-order valence-corrected chi connectivity index (χ0v) is 11.7. The molecule has 1 aliphatic rings. The first-order valence-electron chi connectivity index (χ1n) is 6.94. The third kappa shape index (κ3) is 5.28. The second-order valence-electron chi connectivity index (χ2n) is 5.26. The first-order chi connectivity index (χ1) is 9.24. The minimum Gasteiger partial charge on any atom is -0.389 e. The Bertz CT molecular complexity index is 350. The van der Waals surface area contributed by atoms with Gasteiger partial charge in [0.15, 0.2) is 0 Å². The van der Waals surface area contributed by atoms with Crippen LogP contribution in [0.3, 0.4) is 0 Å². The zero-order valence-electron chi connectivity index (χ0n) is 11.7. The lowest BCUT2D eigenvalue weighted by molar-refractivity contribution is 0.00297. The fourth-order valence-corrected chi connectivity index (χ4v) is 2.27. The largest absolute Gasteiger partial charge is 0.389 e. The predicted molar refractivity (Wildman–Crippen MR) is 76.0 cm³/mol. The second-order valence-corrected chi connectivity index (χ2v) is 5.26. The van der Waals surface area contributed by atoms with E-state index in [1.54, 1.807) is 0 Å². The number of aliphatic hydroxyl groups is 1. The van der Waals surface area contributed by atoms with E-state index in [2.05, 4.69) is 16.8 Å². The Labute approximate surface area is 115 Å². The van der Waals surface area contributed by atoms with Crippen molar-refractivity contribution in [3.63, 3.8) is 0 Å². The molecule has 1 N–H and O–H groups in total. The number of hydrogen-bond acceptors (Lipinski definition) is 4. The topological polar surface area (TPSA) is 35.9 Å². The Morgan fingerprint density at radius 1 is 1.16 bits per heavy atom. The quantitative estimate of drug-likeness (QED) is 0.825. The van der Waals surface area contributed by atoms with Gasteiger partial charge in [0.2, 0.25) is 0 Å². The van der Waals surface area contributed by atoms with Crippen molar-refractivity contribution in [2.75, 3.05) is 46.4 Å². The maximum Gasteiger partial charge on any atom is 0.0900 e. The van der Waals surface area contributed by atoms with Gasteiger partial charge in [0.1, 0.15) is 0 Å². The maximum absolute atomic E-state index is 9.97. The molecule has 0 unspecified atom stereocenters. The summed E-state index contributed by atoms with van der Waals surface area (Å²) in [6.07, 6.45) is -0.396. The Morgan fingerprint density at radius 2 is 1.84 bits per heavy atom. The van der Waals surface area contributed by atoms with Gasteiger partial charge in [-0.1, -0.05) is 30.3 Å². The third-order valence-corrected chi connectivity index (χ3v) is 3.49. The fraction of sp³-hybridized carbons (Fsp3) is 0.600. The number of aliphatic hydroxyl groups excluding tert-OH is 1. The van der Waals surface area contributed by atoms with Gasteiger partial charge in [-0.3, -0.25) is 4.90 Å². The van der Waals surface area contributed by atoms with Crippen molar-refractivity contribution in [2.24, 2.45) is 0 Å². The highest BCUT2D eigenvalue weighted by molar-refractivity contribution is 5.13. The van der Waals surface area contributed by atoms with Crippen molar-refractivity contribution >= 4 is 0 Å². The molecule has 1 atom stereocenters. The van der Waals surface area contributed by atoms with Crippen LogP contribution in [-0.4, -0.2) is 67.4 Å². The van der Waals surface area contributed by atoms with Crippen molar-refractivity contribution in [3.05, 3.63) is 35.9 Å².